The van der Waals surface area contributed by atoms with Crippen LogP contribution < -0.4 is 4.90 Å². The van der Waals surface area contributed by atoms with Crippen molar-refractivity contribution in [2.24, 2.45) is 0 Å². The fraction of sp³-hybridized carbons (Fsp3) is 0.167. The molecule has 1 fully saturated rings. The van der Waals surface area contributed by atoms with Crippen LogP contribution in [0.4, 0.5) is 10.1 Å². The molecule has 3 aromatic carbocycles. The lowest BCUT2D eigenvalue weighted by molar-refractivity contribution is 0.0747. The fourth-order valence-electron chi connectivity index (χ4n) is 3.71. The summed E-state index contributed by atoms with van der Waals surface area (Å²) in [6, 6.07) is 23.4. The monoisotopic (exact) mass is 385 g/mol. The quantitative estimate of drug-likeness (QED) is 0.674. The second-order valence-electron chi connectivity index (χ2n) is 6.96. The Bertz CT molecular complexity index is 1060. The molecule has 1 amide bonds. The van der Waals surface area contributed by atoms with Crippen LogP contribution in [0.25, 0.3) is 11.1 Å². The molecule has 1 saturated heterocycles. The zero-order valence-corrected chi connectivity index (χ0v) is 15.9. The zero-order chi connectivity index (χ0) is 20.2. The Hall–Kier alpha value is -3.65. The van der Waals surface area contributed by atoms with Crippen molar-refractivity contribution in [3.8, 4) is 17.2 Å². The van der Waals surface area contributed by atoms with Gasteiger partial charge in [-0.3, -0.25) is 4.79 Å². The number of hydrogen-bond acceptors (Lipinski definition) is 3. The topological polar surface area (TPSA) is 47.3 Å². The van der Waals surface area contributed by atoms with Crippen molar-refractivity contribution in [2.75, 3.05) is 31.1 Å². The molecule has 1 aliphatic rings. The average molecular weight is 385 g/mol. The van der Waals surface area contributed by atoms with Gasteiger partial charge >= 0.3 is 0 Å². The van der Waals surface area contributed by atoms with Crippen LogP contribution in [-0.4, -0.2) is 37.0 Å². The summed E-state index contributed by atoms with van der Waals surface area (Å²) in [6.07, 6.45) is 0. The first-order valence-corrected chi connectivity index (χ1v) is 9.55. The molecule has 5 heteroatoms. The minimum atomic E-state index is -0.253. The van der Waals surface area contributed by atoms with Crippen LogP contribution in [0.5, 0.6) is 0 Å². The fourth-order valence-corrected chi connectivity index (χ4v) is 3.71. The first-order chi connectivity index (χ1) is 14.2. The third kappa shape index (κ3) is 3.83. The number of rotatable bonds is 3. The van der Waals surface area contributed by atoms with Gasteiger partial charge in [0.1, 0.15) is 5.82 Å². The highest BCUT2D eigenvalue weighted by Crippen LogP contribution is 2.28. The van der Waals surface area contributed by atoms with Crippen molar-refractivity contribution in [3.05, 3.63) is 89.7 Å². The van der Waals surface area contributed by atoms with Crippen molar-refractivity contribution in [2.45, 2.75) is 0 Å². The summed E-state index contributed by atoms with van der Waals surface area (Å²) in [4.78, 5) is 17.3. The van der Waals surface area contributed by atoms with Gasteiger partial charge in [-0.1, -0.05) is 36.4 Å². The summed E-state index contributed by atoms with van der Waals surface area (Å²) in [5, 5.41) is 9.44. The van der Waals surface area contributed by atoms with Gasteiger partial charge in [0.15, 0.2) is 0 Å². The summed E-state index contributed by atoms with van der Waals surface area (Å²) in [7, 11) is 0. The summed E-state index contributed by atoms with van der Waals surface area (Å²) in [5.41, 5.74) is 3.65. The second kappa shape index (κ2) is 8.15. The van der Waals surface area contributed by atoms with Crippen molar-refractivity contribution < 1.29 is 9.18 Å². The summed E-state index contributed by atoms with van der Waals surface area (Å²) in [6.45, 7) is 2.55. The lowest BCUT2D eigenvalue weighted by atomic mass is 9.95. The molecule has 0 aliphatic carbocycles. The predicted octanol–water partition coefficient (Wildman–Crippen LogP) is 4.33. The normalized spacial score (nSPS) is 13.8. The molecule has 1 aliphatic heterocycles. The van der Waals surface area contributed by atoms with E-state index in [0.717, 1.165) is 16.8 Å². The van der Waals surface area contributed by atoms with E-state index in [1.54, 1.807) is 18.2 Å². The summed E-state index contributed by atoms with van der Waals surface area (Å²) >= 11 is 0. The lowest BCUT2D eigenvalue weighted by Crippen LogP contribution is -2.48. The Labute approximate surface area is 169 Å². The molecule has 4 nitrogen and oxygen atoms in total. The van der Waals surface area contributed by atoms with Crippen LogP contribution in [0.2, 0.25) is 0 Å². The van der Waals surface area contributed by atoms with E-state index >= 15 is 0 Å². The van der Waals surface area contributed by atoms with Crippen molar-refractivity contribution >= 4 is 11.6 Å². The third-order valence-electron chi connectivity index (χ3n) is 5.25. The SMILES string of the molecule is N#Cc1ccccc1-c1ccccc1C(=O)N1CCN(c2ccc(F)cc2)CC1. The lowest BCUT2D eigenvalue weighted by Gasteiger charge is -2.36. The Morgan fingerprint density at radius 2 is 1.45 bits per heavy atom. The predicted molar refractivity (Wildman–Crippen MR) is 111 cm³/mol. The third-order valence-corrected chi connectivity index (χ3v) is 5.25. The zero-order valence-electron chi connectivity index (χ0n) is 15.9. The maximum atomic E-state index is 13.3. The van der Waals surface area contributed by atoms with E-state index < -0.39 is 0 Å². The Kier molecular flexibility index (Phi) is 5.26. The second-order valence-corrected chi connectivity index (χ2v) is 6.96. The molecule has 0 N–H and O–H groups in total. The van der Waals surface area contributed by atoms with E-state index in [0.29, 0.717) is 37.3 Å². The molecule has 0 radical (unpaired) electrons. The highest BCUT2D eigenvalue weighted by Gasteiger charge is 2.24. The van der Waals surface area contributed by atoms with Gasteiger partial charge in [-0.05, 0) is 42.0 Å². The minimum Gasteiger partial charge on any atom is -0.368 e. The Morgan fingerprint density at radius 3 is 2.14 bits per heavy atom. The van der Waals surface area contributed by atoms with Crippen LogP contribution in [0.1, 0.15) is 15.9 Å². The van der Waals surface area contributed by atoms with Gasteiger partial charge in [0.2, 0.25) is 0 Å². The van der Waals surface area contributed by atoms with Gasteiger partial charge in [-0.15, -0.1) is 0 Å². The van der Waals surface area contributed by atoms with E-state index in [2.05, 4.69) is 11.0 Å². The number of carbonyl (C=O) groups is 1. The van der Waals surface area contributed by atoms with E-state index in [1.807, 2.05) is 47.4 Å². The number of nitriles is 1. The van der Waals surface area contributed by atoms with Gasteiger partial charge in [-0.25, -0.2) is 4.39 Å². The van der Waals surface area contributed by atoms with Crippen molar-refractivity contribution in [3.63, 3.8) is 0 Å². The number of hydrogen-bond donors (Lipinski definition) is 0. The summed E-state index contributed by atoms with van der Waals surface area (Å²) in [5.74, 6) is -0.288. The molecule has 0 spiro atoms. The highest BCUT2D eigenvalue weighted by molar-refractivity contribution is 6.01. The minimum absolute atomic E-state index is 0.0351. The Morgan fingerprint density at radius 1 is 0.828 bits per heavy atom. The van der Waals surface area contributed by atoms with Gasteiger partial charge in [0, 0.05) is 43.0 Å². The van der Waals surface area contributed by atoms with Crippen LogP contribution in [0.3, 0.4) is 0 Å². The van der Waals surface area contributed by atoms with E-state index in [1.165, 1.54) is 12.1 Å². The number of benzene rings is 3. The van der Waals surface area contributed by atoms with Gasteiger partial charge < -0.3 is 9.80 Å². The summed E-state index contributed by atoms with van der Waals surface area (Å²) < 4.78 is 13.1. The standard InChI is InChI=1S/C24H20FN3O/c25-19-9-11-20(12-10-19)27-13-15-28(16-14-27)24(29)23-8-4-3-7-22(23)21-6-2-1-5-18(21)17-26/h1-12H,13-16H2. The molecular formula is C24H20FN3O. The first kappa shape index (κ1) is 18.7. The number of piperazine rings is 1. The molecule has 0 saturated carbocycles. The number of amides is 1. The molecule has 1 heterocycles. The smallest absolute Gasteiger partial charge is 0.254 e. The number of nitrogens with zero attached hydrogens (tertiary/aromatic N) is 3. The van der Waals surface area contributed by atoms with Crippen molar-refractivity contribution in [1.29, 1.82) is 5.26 Å². The number of carbonyl (C=O) groups excluding carboxylic acids is 1. The first-order valence-electron chi connectivity index (χ1n) is 9.55. The number of halogens is 1. The molecular weight excluding hydrogens is 365 g/mol. The maximum Gasteiger partial charge on any atom is 0.254 e. The highest BCUT2D eigenvalue weighted by atomic mass is 19.1. The molecule has 0 aromatic heterocycles. The molecule has 0 unspecified atom stereocenters. The molecule has 3 aromatic rings. The van der Waals surface area contributed by atoms with E-state index in [9.17, 15) is 14.4 Å². The molecule has 29 heavy (non-hydrogen) atoms. The molecule has 0 bridgehead atoms. The van der Waals surface area contributed by atoms with Crippen LogP contribution in [0.15, 0.2) is 72.8 Å². The van der Waals surface area contributed by atoms with Crippen LogP contribution >= 0.6 is 0 Å². The molecule has 144 valence electrons. The average Bonchev–Trinajstić information content (AvgIpc) is 2.79. The van der Waals surface area contributed by atoms with Crippen molar-refractivity contribution in [1.82, 2.24) is 4.90 Å². The maximum absolute atomic E-state index is 13.3. The van der Waals surface area contributed by atoms with E-state index in [-0.39, 0.29) is 11.7 Å². The number of anilines is 1. The molecule has 0 atom stereocenters. The van der Waals surface area contributed by atoms with Gasteiger partial charge in [-0.2, -0.15) is 5.26 Å². The Balaban J connectivity index is 1.54. The molecule has 4 rings (SSSR count). The van der Waals surface area contributed by atoms with E-state index in [4.69, 9.17) is 0 Å². The largest absolute Gasteiger partial charge is 0.368 e. The van der Waals surface area contributed by atoms with Gasteiger partial charge in [0.05, 0.1) is 11.6 Å². The van der Waals surface area contributed by atoms with Gasteiger partial charge in [0.25, 0.3) is 5.91 Å². The van der Waals surface area contributed by atoms with Crippen LogP contribution in [-0.2, 0) is 0 Å². The van der Waals surface area contributed by atoms with Crippen LogP contribution in [0, 0.1) is 17.1 Å².